The first-order valence-electron chi connectivity index (χ1n) is 7.56. The highest BCUT2D eigenvalue weighted by atomic mass is 16.6. The molecule has 2 N–H and O–H groups in total. The van der Waals surface area contributed by atoms with E-state index in [0.29, 0.717) is 0 Å². The molecule has 1 amide bonds. The van der Waals surface area contributed by atoms with Crippen LogP contribution >= 0.6 is 0 Å². The third-order valence-electron chi connectivity index (χ3n) is 3.51. The van der Waals surface area contributed by atoms with Crippen LogP contribution in [0.3, 0.4) is 0 Å². The topological polar surface area (TPSA) is 63.2 Å². The van der Waals surface area contributed by atoms with Crippen LogP contribution in [0.5, 0.6) is 0 Å². The van der Waals surface area contributed by atoms with E-state index in [-0.39, 0.29) is 18.2 Å². The number of ether oxygens (including phenoxy) is 1. The SMILES string of the molecule is CC(C)(C)OC(=O)N[C@@H]1CCC[C@H]1NCc1cccnc1. The molecule has 1 aliphatic rings. The zero-order valence-electron chi connectivity index (χ0n) is 13.1. The van der Waals surface area contributed by atoms with Crippen molar-refractivity contribution in [3.63, 3.8) is 0 Å². The van der Waals surface area contributed by atoms with Crippen LogP contribution in [0.1, 0.15) is 45.6 Å². The van der Waals surface area contributed by atoms with Gasteiger partial charge < -0.3 is 15.4 Å². The maximum atomic E-state index is 11.9. The molecule has 5 nitrogen and oxygen atoms in total. The summed E-state index contributed by atoms with van der Waals surface area (Å²) in [6.45, 7) is 6.39. The lowest BCUT2D eigenvalue weighted by Crippen LogP contribution is -2.47. The predicted octanol–water partition coefficient (Wildman–Crippen LogP) is 2.62. The Labute approximate surface area is 126 Å². The minimum Gasteiger partial charge on any atom is -0.444 e. The monoisotopic (exact) mass is 291 g/mol. The third kappa shape index (κ3) is 5.34. The molecule has 5 heteroatoms. The number of rotatable bonds is 4. The van der Waals surface area contributed by atoms with E-state index in [1.165, 1.54) is 0 Å². The largest absolute Gasteiger partial charge is 0.444 e. The molecule has 2 rings (SSSR count). The number of alkyl carbamates (subject to hydrolysis) is 1. The van der Waals surface area contributed by atoms with E-state index in [0.717, 1.165) is 31.4 Å². The molecular weight excluding hydrogens is 266 g/mol. The molecule has 1 heterocycles. The molecule has 1 fully saturated rings. The molecule has 1 aromatic heterocycles. The van der Waals surface area contributed by atoms with E-state index in [2.05, 4.69) is 15.6 Å². The Balaban J connectivity index is 1.81. The number of aromatic nitrogens is 1. The summed E-state index contributed by atoms with van der Waals surface area (Å²) >= 11 is 0. The van der Waals surface area contributed by atoms with Gasteiger partial charge in [-0.25, -0.2) is 4.79 Å². The standard InChI is InChI=1S/C16H25N3O2/c1-16(2,3)21-15(20)19-14-8-4-7-13(14)18-11-12-6-5-9-17-10-12/h5-6,9-10,13-14,18H,4,7-8,11H2,1-3H3,(H,19,20)/t13-,14-/m1/s1. The normalized spacial score (nSPS) is 22.0. The van der Waals surface area contributed by atoms with E-state index >= 15 is 0 Å². The maximum absolute atomic E-state index is 11.9. The van der Waals surface area contributed by atoms with Crippen molar-refractivity contribution in [3.05, 3.63) is 30.1 Å². The van der Waals surface area contributed by atoms with Crippen LogP contribution in [0.25, 0.3) is 0 Å². The van der Waals surface area contributed by atoms with Crippen molar-refractivity contribution in [1.29, 1.82) is 0 Å². The van der Waals surface area contributed by atoms with Gasteiger partial charge in [0.15, 0.2) is 0 Å². The lowest BCUT2D eigenvalue weighted by Gasteiger charge is -2.25. The van der Waals surface area contributed by atoms with Gasteiger partial charge in [0.05, 0.1) is 0 Å². The van der Waals surface area contributed by atoms with E-state index in [1.54, 1.807) is 6.20 Å². The number of hydrogen-bond donors (Lipinski definition) is 2. The number of amides is 1. The zero-order valence-corrected chi connectivity index (χ0v) is 13.1. The minimum atomic E-state index is -0.457. The Morgan fingerprint density at radius 2 is 2.14 bits per heavy atom. The van der Waals surface area contributed by atoms with Crippen LogP contribution in [0.4, 0.5) is 4.79 Å². The van der Waals surface area contributed by atoms with Crippen molar-refractivity contribution in [1.82, 2.24) is 15.6 Å². The van der Waals surface area contributed by atoms with Crippen LogP contribution in [-0.4, -0.2) is 28.8 Å². The van der Waals surface area contributed by atoms with E-state index in [9.17, 15) is 4.79 Å². The third-order valence-corrected chi connectivity index (χ3v) is 3.51. The fourth-order valence-electron chi connectivity index (χ4n) is 2.59. The van der Waals surface area contributed by atoms with Gasteiger partial charge in [-0.2, -0.15) is 0 Å². The summed E-state index contributed by atoms with van der Waals surface area (Å²) in [5.74, 6) is 0. The van der Waals surface area contributed by atoms with Crippen LogP contribution in [0.15, 0.2) is 24.5 Å². The molecule has 1 saturated carbocycles. The van der Waals surface area contributed by atoms with Gasteiger partial charge in [0.2, 0.25) is 0 Å². The van der Waals surface area contributed by atoms with Crippen molar-refractivity contribution in [2.45, 2.75) is 64.3 Å². The fraction of sp³-hybridized carbons (Fsp3) is 0.625. The number of nitrogens with one attached hydrogen (secondary N) is 2. The highest BCUT2D eigenvalue weighted by Crippen LogP contribution is 2.20. The summed E-state index contributed by atoms with van der Waals surface area (Å²) in [7, 11) is 0. The van der Waals surface area contributed by atoms with Gasteiger partial charge in [0.1, 0.15) is 5.60 Å². The summed E-state index contributed by atoms with van der Waals surface area (Å²) in [4.78, 5) is 16.0. The number of pyridine rings is 1. The summed E-state index contributed by atoms with van der Waals surface area (Å²) in [5.41, 5.74) is 0.696. The Bertz CT molecular complexity index is 456. The second-order valence-corrected chi connectivity index (χ2v) is 6.53. The van der Waals surface area contributed by atoms with E-state index in [4.69, 9.17) is 4.74 Å². The minimum absolute atomic E-state index is 0.136. The highest BCUT2D eigenvalue weighted by molar-refractivity contribution is 5.68. The predicted molar refractivity (Wildman–Crippen MR) is 81.9 cm³/mol. The Morgan fingerprint density at radius 1 is 1.38 bits per heavy atom. The maximum Gasteiger partial charge on any atom is 0.407 e. The molecule has 116 valence electrons. The molecule has 21 heavy (non-hydrogen) atoms. The van der Waals surface area contributed by atoms with Gasteiger partial charge in [-0.15, -0.1) is 0 Å². The van der Waals surface area contributed by atoms with Gasteiger partial charge in [-0.1, -0.05) is 6.07 Å². The van der Waals surface area contributed by atoms with Crippen LogP contribution in [0, 0.1) is 0 Å². The first kappa shape index (κ1) is 15.8. The fourth-order valence-corrected chi connectivity index (χ4v) is 2.59. The van der Waals surface area contributed by atoms with Crippen molar-refractivity contribution in [2.24, 2.45) is 0 Å². The first-order valence-corrected chi connectivity index (χ1v) is 7.56. The van der Waals surface area contributed by atoms with Crippen LogP contribution < -0.4 is 10.6 Å². The second kappa shape index (κ2) is 6.89. The number of hydrogen-bond acceptors (Lipinski definition) is 4. The van der Waals surface area contributed by atoms with Crippen molar-refractivity contribution in [3.8, 4) is 0 Å². The van der Waals surface area contributed by atoms with Crippen LogP contribution in [0.2, 0.25) is 0 Å². The molecule has 1 aromatic rings. The van der Waals surface area contributed by atoms with E-state index in [1.807, 2.05) is 39.1 Å². The Hall–Kier alpha value is -1.62. The van der Waals surface area contributed by atoms with Crippen molar-refractivity contribution in [2.75, 3.05) is 0 Å². The number of carbonyl (C=O) groups is 1. The molecular formula is C16H25N3O2. The summed E-state index contributed by atoms with van der Waals surface area (Å²) in [5, 5.41) is 6.49. The highest BCUT2D eigenvalue weighted by Gasteiger charge is 2.29. The molecule has 0 bridgehead atoms. The average Bonchev–Trinajstić information content (AvgIpc) is 2.82. The van der Waals surface area contributed by atoms with Gasteiger partial charge in [0.25, 0.3) is 0 Å². The summed E-state index contributed by atoms with van der Waals surface area (Å²) in [6.07, 6.45) is 6.47. The summed E-state index contributed by atoms with van der Waals surface area (Å²) in [6, 6.07) is 4.40. The van der Waals surface area contributed by atoms with Gasteiger partial charge in [0, 0.05) is 31.0 Å². The van der Waals surface area contributed by atoms with Crippen LogP contribution in [-0.2, 0) is 11.3 Å². The lowest BCUT2D eigenvalue weighted by molar-refractivity contribution is 0.0498. The van der Waals surface area contributed by atoms with Gasteiger partial charge in [-0.05, 0) is 51.7 Å². The Kier molecular flexibility index (Phi) is 5.17. The van der Waals surface area contributed by atoms with Gasteiger partial charge in [-0.3, -0.25) is 4.98 Å². The molecule has 0 aliphatic heterocycles. The Morgan fingerprint density at radius 3 is 2.81 bits per heavy atom. The molecule has 2 atom stereocenters. The van der Waals surface area contributed by atoms with E-state index < -0.39 is 5.60 Å². The van der Waals surface area contributed by atoms with Gasteiger partial charge >= 0.3 is 6.09 Å². The molecule has 0 radical (unpaired) electrons. The molecule has 1 aliphatic carbocycles. The molecule has 0 aromatic carbocycles. The first-order chi connectivity index (χ1) is 9.94. The lowest BCUT2D eigenvalue weighted by atomic mass is 10.1. The average molecular weight is 291 g/mol. The zero-order chi connectivity index (χ0) is 15.3. The summed E-state index contributed by atoms with van der Waals surface area (Å²) < 4.78 is 5.32. The van der Waals surface area contributed by atoms with Crippen molar-refractivity contribution < 1.29 is 9.53 Å². The molecule has 0 spiro atoms. The quantitative estimate of drug-likeness (QED) is 0.895. The van der Waals surface area contributed by atoms with Crippen molar-refractivity contribution >= 4 is 6.09 Å². The molecule has 0 saturated heterocycles. The second-order valence-electron chi connectivity index (χ2n) is 6.53. The number of carbonyl (C=O) groups excluding carboxylic acids is 1. The molecule has 0 unspecified atom stereocenters. The smallest absolute Gasteiger partial charge is 0.407 e. The number of nitrogens with zero attached hydrogens (tertiary/aromatic N) is 1.